The van der Waals surface area contributed by atoms with Crippen LogP contribution in [0.2, 0.25) is 0 Å². The van der Waals surface area contributed by atoms with Gasteiger partial charge in [-0.15, -0.1) is 0 Å². The minimum absolute atomic E-state index is 0.525. The highest BCUT2D eigenvalue weighted by Crippen LogP contribution is 2.10. The van der Waals surface area contributed by atoms with Crippen molar-refractivity contribution in [2.45, 2.75) is 71.1 Å². The first-order chi connectivity index (χ1) is 14.9. The van der Waals surface area contributed by atoms with Gasteiger partial charge in [-0.3, -0.25) is 0 Å². The van der Waals surface area contributed by atoms with Gasteiger partial charge in [0.2, 0.25) is 0 Å². The zero-order valence-corrected chi connectivity index (χ0v) is 19.6. The average Bonchev–Trinajstić information content (AvgIpc) is 2.76. The highest BCUT2D eigenvalue weighted by atomic mass is 16.6. The predicted molar refractivity (Wildman–Crippen MR) is 122 cm³/mol. The first kappa shape index (κ1) is 29.3. The summed E-state index contributed by atoms with van der Waals surface area (Å²) in [5.74, 6) is 0. The van der Waals surface area contributed by atoms with Crippen molar-refractivity contribution in [1.82, 2.24) is 0 Å². The topological polar surface area (TPSA) is 55.4 Å². The van der Waals surface area contributed by atoms with Crippen LogP contribution in [0, 0.1) is 0 Å². The molecule has 0 saturated carbocycles. The summed E-state index contributed by atoms with van der Waals surface area (Å²) >= 11 is 0. The second-order valence-corrected chi connectivity index (χ2v) is 7.28. The molecule has 0 N–H and O–H groups in total. The molecule has 0 unspecified atom stereocenters. The number of rotatable bonds is 27. The number of hydrogen-bond donors (Lipinski definition) is 0. The van der Waals surface area contributed by atoms with E-state index < -0.39 is 0 Å². The Kier molecular flexibility index (Phi) is 27.7. The lowest BCUT2D eigenvalue weighted by Crippen LogP contribution is -2.13. The summed E-state index contributed by atoms with van der Waals surface area (Å²) in [6.07, 6.45) is 14.9. The lowest BCUT2D eigenvalue weighted by Gasteiger charge is -2.08. The zero-order valence-electron chi connectivity index (χ0n) is 19.6. The third-order valence-corrected chi connectivity index (χ3v) is 4.59. The highest BCUT2D eigenvalue weighted by Gasteiger charge is 1.95. The summed E-state index contributed by atoms with van der Waals surface area (Å²) in [6.45, 7) is 12.4. The molecule has 0 aromatic rings. The molecular weight excluding hydrogens is 384 g/mol. The Morgan fingerprint density at radius 2 is 0.767 bits per heavy atom. The van der Waals surface area contributed by atoms with Gasteiger partial charge in [0.25, 0.3) is 0 Å². The van der Waals surface area contributed by atoms with Crippen LogP contribution in [-0.2, 0) is 28.4 Å². The van der Waals surface area contributed by atoms with Gasteiger partial charge in [0, 0.05) is 6.61 Å². The lowest BCUT2D eigenvalue weighted by atomic mass is 10.1. The van der Waals surface area contributed by atoms with E-state index in [-0.39, 0.29) is 0 Å². The molecule has 0 amide bonds. The van der Waals surface area contributed by atoms with E-state index in [0.29, 0.717) is 66.1 Å². The summed E-state index contributed by atoms with van der Waals surface area (Å²) in [6, 6.07) is 0. The summed E-state index contributed by atoms with van der Waals surface area (Å²) in [4.78, 5) is 0. The monoisotopic (exact) mass is 432 g/mol. The van der Waals surface area contributed by atoms with Gasteiger partial charge < -0.3 is 28.4 Å². The molecule has 0 bridgehead atoms. The van der Waals surface area contributed by atoms with Crippen LogP contribution < -0.4 is 0 Å². The van der Waals surface area contributed by atoms with E-state index in [2.05, 4.69) is 13.5 Å². The summed E-state index contributed by atoms with van der Waals surface area (Å²) < 4.78 is 32.2. The van der Waals surface area contributed by atoms with E-state index in [1.165, 1.54) is 64.0 Å². The fourth-order valence-corrected chi connectivity index (χ4v) is 2.86. The van der Waals surface area contributed by atoms with Gasteiger partial charge in [0.1, 0.15) is 6.61 Å². The van der Waals surface area contributed by atoms with Gasteiger partial charge >= 0.3 is 0 Å². The van der Waals surface area contributed by atoms with Gasteiger partial charge in [0.05, 0.1) is 65.7 Å². The quantitative estimate of drug-likeness (QED) is 0.132. The fraction of sp³-hybridized carbons (Fsp3) is 0.917. The molecule has 6 heteroatoms. The van der Waals surface area contributed by atoms with Crippen LogP contribution in [0.3, 0.4) is 0 Å². The largest absolute Gasteiger partial charge is 0.499 e. The molecule has 0 atom stereocenters. The first-order valence-electron chi connectivity index (χ1n) is 12.0. The molecule has 0 rings (SSSR count). The molecular formula is C24H48O6. The van der Waals surface area contributed by atoms with E-state index in [9.17, 15) is 0 Å². The second-order valence-electron chi connectivity index (χ2n) is 7.28. The van der Waals surface area contributed by atoms with E-state index in [1.54, 1.807) is 0 Å². The summed E-state index contributed by atoms with van der Waals surface area (Å²) in [5, 5.41) is 0. The minimum Gasteiger partial charge on any atom is -0.499 e. The molecule has 0 aliphatic heterocycles. The van der Waals surface area contributed by atoms with Crippen LogP contribution >= 0.6 is 0 Å². The molecule has 180 valence electrons. The number of ether oxygens (including phenoxy) is 6. The Balaban J connectivity index is 2.98. The first-order valence-corrected chi connectivity index (χ1v) is 12.0. The number of unbranched alkanes of at least 4 members (excludes halogenated alkanes) is 9. The van der Waals surface area contributed by atoms with E-state index in [1.807, 2.05) is 0 Å². The van der Waals surface area contributed by atoms with Crippen LogP contribution in [0.5, 0.6) is 0 Å². The van der Waals surface area contributed by atoms with Crippen molar-refractivity contribution in [2.75, 3.05) is 72.7 Å². The van der Waals surface area contributed by atoms with E-state index in [0.717, 1.165) is 13.0 Å². The lowest BCUT2D eigenvalue weighted by molar-refractivity contribution is -0.0138. The second kappa shape index (κ2) is 28.3. The maximum Gasteiger partial charge on any atom is 0.111 e. The molecule has 0 saturated heterocycles. The van der Waals surface area contributed by atoms with Crippen molar-refractivity contribution in [2.24, 2.45) is 0 Å². The Labute approximate surface area is 185 Å². The number of hydrogen-bond acceptors (Lipinski definition) is 6. The third kappa shape index (κ3) is 27.3. The highest BCUT2D eigenvalue weighted by molar-refractivity contribution is 4.48. The molecule has 0 aromatic heterocycles. The Morgan fingerprint density at radius 1 is 0.433 bits per heavy atom. The molecule has 0 radical (unpaired) electrons. The van der Waals surface area contributed by atoms with Crippen molar-refractivity contribution in [3.63, 3.8) is 0 Å². The minimum atomic E-state index is 0.525. The Hall–Kier alpha value is -0.660. The van der Waals surface area contributed by atoms with E-state index in [4.69, 9.17) is 28.4 Å². The third-order valence-electron chi connectivity index (χ3n) is 4.59. The van der Waals surface area contributed by atoms with Crippen LogP contribution in [0.25, 0.3) is 0 Å². The van der Waals surface area contributed by atoms with Crippen molar-refractivity contribution >= 4 is 0 Å². The maximum atomic E-state index is 5.61. The van der Waals surface area contributed by atoms with Crippen molar-refractivity contribution in [3.05, 3.63) is 12.8 Å². The van der Waals surface area contributed by atoms with Crippen LogP contribution in [0.1, 0.15) is 71.1 Å². The van der Waals surface area contributed by atoms with Crippen LogP contribution in [0.4, 0.5) is 0 Å². The molecule has 0 heterocycles. The molecule has 0 aromatic carbocycles. The van der Waals surface area contributed by atoms with Gasteiger partial charge in [-0.2, -0.15) is 0 Å². The molecule has 30 heavy (non-hydrogen) atoms. The fourth-order valence-electron chi connectivity index (χ4n) is 2.86. The molecule has 0 aliphatic rings. The summed E-state index contributed by atoms with van der Waals surface area (Å²) in [7, 11) is 0. The van der Waals surface area contributed by atoms with Crippen molar-refractivity contribution in [3.8, 4) is 0 Å². The summed E-state index contributed by atoms with van der Waals surface area (Å²) in [5.41, 5.74) is 0. The molecule has 6 nitrogen and oxygen atoms in total. The predicted octanol–water partition coefficient (Wildman–Crippen LogP) is 5.15. The Bertz CT molecular complexity index is 314. The van der Waals surface area contributed by atoms with Gasteiger partial charge in [-0.05, 0) is 6.42 Å². The van der Waals surface area contributed by atoms with E-state index >= 15 is 0 Å². The smallest absolute Gasteiger partial charge is 0.111 e. The SMILES string of the molecule is C=COCCOCCOCCOCCOCCOCCCCCCCCCCCC. The maximum absolute atomic E-state index is 5.61. The Morgan fingerprint density at radius 3 is 1.17 bits per heavy atom. The van der Waals surface area contributed by atoms with Crippen LogP contribution in [0.15, 0.2) is 12.8 Å². The van der Waals surface area contributed by atoms with Gasteiger partial charge in [0.15, 0.2) is 0 Å². The molecule has 0 aliphatic carbocycles. The average molecular weight is 433 g/mol. The normalized spacial score (nSPS) is 11.1. The van der Waals surface area contributed by atoms with Gasteiger partial charge in [-0.25, -0.2) is 0 Å². The molecule has 0 spiro atoms. The van der Waals surface area contributed by atoms with Gasteiger partial charge in [-0.1, -0.05) is 71.3 Å². The standard InChI is InChI=1S/C24H48O6/c1-3-5-6-7-8-9-10-11-12-13-14-26-17-18-28-21-22-30-24-23-29-20-19-27-16-15-25-4-2/h4H,2-3,5-24H2,1H3. The van der Waals surface area contributed by atoms with Crippen LogP contribution in [-0.4, -0.2) is 72.7 Å². The zero-order chi connectivity index (χ0) is 21.8. The van der Waals surface area contributed by atoms with Crippen molar-refractivity contribution in [1.29, 1.82) is 0 Å². The van der Waals surface area contributed by atoms with Crippen molar-refractivity contribution < 1.29 is 28.4 Å². The molecule has 0 fully saturated rings.